The Morgan fingerprint density at radius 2 is 1.93 bits per heavy atom. The second kappa shape index (κ2) is 8.00. The fourth-order valence-electron chi connectivity index (χ4n) is 3.30. The largest absolute Gasteiger partial charge is 0.487 e. The van der Waals surface area contributed by atoms with Crippen molar-refractivity contribution in [3.8, 4) is 5.75 Å². The van der Waals surface area contributed by atoms with Gasteiger partial charge < -0.3 is 20.7 Å². The van der Waals surface area contributed by atoms with Crippen LogP contribution in [-0.4, -0.2) is 30.1 Å². The quantitative estimate of drug-likeness (QED) is 0.667. The van der Waals surface area contributed by atoms with Gasteiger partial charge in [-0.3, -0.25) is 9.78 Å². The maximum atomic E-state index is 12.4. The highest BCUT2D eigenvalue weighted by Crippen LogP contribution is 2.24. The van der Waals surface area contributed by atoms with E-state index in [4.69, 9.17) is 10.5 Å². The second-order valence-electron chi connectivity index (χ2n) is 6.75. The lowest BCUT2D eigenvalue weighted by Crippen LogP contribution is -2.24. The Hall–Kier alpha value is -3.54. The highest BCUT2D eigenvalue weighted by Gasteiger charge is 2.24. The van der Waals surface area contributed by atoms with Crippen LogP contribution in [0.15, 0.2) is 73.1 Å². The molecule has 0 bridgehead atoms. The molecular formula is C22H22N4O2. The van der Waals surface area contributed by atoms with E-state index >= 15 is 0 Å². The molecule has 0 aliphatic carbocycles. The number of nitrogens with two attached hydrogens (primary N) is 1. The lowest BCUT2D eigenvalue weighted by molar-refractivity contribution is 0.102. The molecule has 6 heteroatoms. The second-order valence-corrected chi connectivity index (χ2v) is 6.75. The molecule has 28 heavy (non-hydrogen) atoms. The van der Waals surface area contributed by atoms with E-state index in [0.29, 0.717) is 16.9 Å². The first-order valence-corrected chi connectivity index (χ1v) is 9.26. The molecule has 4 rings (SSSR count). The van der Waals surface area contributed by atoms with Gasteiger partial charge in [0, 0.05) is 30.4 Å². The number of nitrogens with zero attached hydrogens (tertiary/aromatic N) is 2. The molecule has 1 fully saturated rings. The van der Waals surface area contributed by atoms with E-state index in [1.165, 1.54) is 0 Å². The fraction of sp³-hybridized carbons (Fsp3) is 0.182. The van der Waals surface area contributed by atoms with E-state index < -0.39 is 0 Å². The van der Waals surface area contributed by atoms with Gasteiger partial charge in [0.05, 0.1) is 24.1 Å². The van der Waals surface area contributed by atoms with Crippen LogP contribution < -0.4 is 20.7 Å². The average Bonchev–Trinajstić information content (AvgIpc) is 3.19. The number of amides is 1. The lowest BCUT2D eigenvalue weighted by atomic mass is 10.1. The van der Waals surface area contributed by atoms with Gasteiger partial charge in [0.25, 0.3) is 5.91 Å². The summed E-state index contributed by atoms with van der Waals surface area (Å²) in [5.41, 5.74) is 8.72. The number of nitrogen functional groups attached to an aromatic ring is 1. The molecule has 142 valence electrons. The first kappa shape index (κ1) is 17.9. The molecule has 0 spiro atoms. The summed E-state index contributed by atoms with van der Waals surface area (Å²) in [6.07, 6.45) is 4.55. The van der Waals surface area contributed by atoms with E-state index in [1.54, 1.807) is 24.5 Å². The lowest BCUT2D eigenvalue weighted by Gasteiger charge is -2.19. The Kier molecular flexibility index (Phi) is 5.10. The van der Waals surface area contributed by atoms with Crippen LogP contribution >= 0.6 is 0 Å². The number of hydrogen-bond acceptors (Lipinski definition) is 5. The van der Waals surface area contributed by atoms with Gasteiger partial charge in [0.2, 0.25) is 0 Å². The van der Waals surface area contributed by atoms with Gasteiger partial charge in [0.15, 0.2) is 0 Å². The molecule has 0 saturated carbocycles. The van der Waals surface area contributed by atoms with Gasteiger partial charge in [-0.1, -0.05) is 12.1 Å². The standard InChI is InChI=1S/C22H22N4O2/c23-20-5-1-2-6-21(20)25-22(27)16-7-9-17(10-8-16)26-13-11-19(15-26)28-18-4-3-12-24-14-18/h1-10,12,14,19H,11,13,15,23H2,(H,25,27)/t19-/m0/s1. The molecule has 1 aromatic heterocycles. The number of hydrogen-bond donors (Lipinski definition) is 2. The number of benzene rings is 2. The van der Waals surface area contributed by atoms with Crippen LogP contribution in [0.4, 0.5) is 17.1 Å². The van der Waals surface area contributed by atoms with Crippen molar-refractivity contribution in [2.24, 2.45) is 0 Å². The van der Waals surface area contributed by atoms with Crippen molar-refractivity contribution in [3.05, 3.63) is 78.6 Å². The zero-order valence-corrected chi connectivity index (χ0v) is 15.4. The highest BCUT2D eigenvalue weighted by atomic mass is 16.5. The number of para-hydroxylation sites is 2. The van der Waals surface area contributed by atoms with Gasteiger partial charge in [-0.05, 0) is 48.5 Å². The molecule has 1 aliphatic heterocycles. The maximum absolute atomic E-state index is 12.4. The number of pyridine rings is 1. The molecule has 2 heterocycles. The van der Waals surface area contributed by atoms with Crippen LogP contribution in [0.25, 0.3) is 0 Å². The Bertz CT molecular complexity index is 944. The molecule has 1 saturated heterocycles. The Balaban J connectivity index is 1.37. The molecule has 6 nitrogen and oxygen atoms in total. The number of anilines is 3. The summed E-state index contributed by atoms with van der Waals surface area (Å²) >= 11 is 0. The minimum atomic E-state index is -0.177. The van der Waals surface area contributed by atoms with E-state index in [9.17, 15) is 4.79 Å². The van der Waals surface area contributed by atoms with Gasteiger partial charge in [-0.2, -0.15) is 0 Å². The van der Waals surface area contributed by atoms with Crippen molar-refractivity contribution in [1.29, 1.82) is 0 Å². The van der Waals surface area contributed by atoms with E-state index in [1.807, 2.05) is 48.5 Å². The molecular weight excluding hydrogens is 352 g/mol. The van der Waals surface area contributed by atoms with Crippen molar-refractivity contribution in [1.82, 2.24) is 4.98 Å². The summed E-state index contributed by atoms with van der Waals surface area (Å²) in [6, 6.07) is 18.6. The smallest absolute Gasteiger partial charge is 0.255 e. The number of nitrogens with one attached hydrogen (secondary N) is 1. The van der Waals surface area contributed by atoms with Crippen LogP contribution in [0.1, 0.15) is 16.8 Å². The van der Waals surface area contributed by atoms with Crippen LogP contribution in [0.3, 0.4) is 0 Å². The summed E-state index contributed by atoms with van der Waals surface area (Å²) in [5.74, 6) is 0.616. The third kappa shape index (κ3) is 4.06. The summed E-state index contributed by atoms with van der Waals surface area (Å²) in [7, 11) is 0. The summed E-state index contributed by atoms with van der Waals surface area (Å²) in [5, 5.41) is 2.85. The zero-order chi connectivity index (χ0) is 19.3. The van der Waals surface area contributed by atoms with Gasteiger partial charge >= 0.3 is 0 Å². The third-order valence-corrected chi connectivity index (χ3v) is 4.79. The predicted octanol–water partition coefficient (Wildman–Crippen LogP) is 3.57. The molecule has 1 atom stereocenters. The Morgan fingerprint density at radius 3 is 2.68 bits per heavy atom. The Labute approximate surface area is 164 Å². The van der Waals surface area contributed by atoms with E-state index in [2.05, 4.69) is 15.2 Å². The monoisotopic (exact) mass is 374 g/mol. The molecule has 0 unspecified atom stereocenters. The highest BCUT2D eigenvalue weighted by molar-refractivity contribution is 6.05. The molecule has 3 N–H and O–H groups in total. The molecule has 1 amide bonds. The molecule has 3 aromatic rings. The summed E-state index contributed by atoms with van der Waals surface area (Å²) < 4.78 is 5.99. The van der Waals surface area contributed by atoms with Crippen molar-refractivity contribution in [2.75, 3.05) is 29.0 Å². The molecule has 1 aliphatic rings. The van der Waals surface area contributed by atoms with Crippen molar-refractivity contribution in [3.63, 3.8) is 0 Å². The van der Waals surface area contributed by atoms with E-state index in [-0.39, 0.29) is 12.0 Å². The molecule has 2 aromatic carbocycles. The average molecular weight is 374 g/mol. The summed E-state index contributed by atoms with van der Waals surface area (Å²) in [4.78, 5) is 18.8. The van der Waals surface area contributed by atoms with Gasteiger partial charge in [0.1, 0.15) is 11.9 Å². The minimum Gasteiger partial charge on any atom is -0.487 e. The molecule has 0 radical (unpaired) electrons. The zero-order valence-electron chi connectivity index (χ0n) is 15.4. The van der Waals surface area contributed by atoms with Crippen molar-refractivity contribution in [2.45, 2.75) is 12.5 Å². The number of rotatable bonds is 5. The van der Waals surface area contributed by atoms with E-state index in [0.717, 1.165) is 30.9 Å². The maximum Gasteiger partial charge on any atom is 0.255 e. The van der Waals surface area contributed by atoms with Crippen LogP contribution in [0.2, 0.25) is 0 Å². The predicted molar refractivity (Wildman–Crippen MR) is 111 cm³/mol. The van der Waals surface area contributed by atoms with Gasteiger partial charge in [-0.25, -0.2) is 0 Å². The fourth-order valence-corrected chi connectivity index (χ4v) is 3.30. The summed E-state index contributed by atoms with van der Waals surface area (Å²) in [6.45, 7) is 1.72. The Morgan fingerprint density at radius 1 is 1.11 bits per heavy atom. The number of carbonyl (C=O) groups is 1. The third-order valence-electron chi connectivity index (χ3n) is 4.79. The van der Waals surface area contributed by atoms with Gasteiger partial charge in [-0.15, -0.1) is 0 Å². The number of carbonyl (C=O) groups excluding carboxylic acids is 1. The first-order valence-electron chi connectivity index (χ1n) is 9.26. The normalized spacial score (nSPS) is 16.0. The first-order chi connectivity index (χ1) is 13.7. The van der Waals surface area contributed by atoms with Crippen LogP contribution in [0, 0.1) is 0 Å². The van der Waals surface area contributed by atoms with Crippen LogP contribution in [-0.2, 0) is 0 Å². The van der Waals surface area contributed by atoms with Crippen LogP contribution in [0.5, 0.6) is 5.75 Å². The van der Waals surface area contributed by atoms with Crippen molar-refractivity contribution < 1.29 is 9.53 Å². The van der Waals surface area contributed by atoms with Crippen molar-refractivity contribution >= 4 is 23.0 Å². The number of aromatic nitrogens is 1. The number of ether oxygens (including phenoxy) is 1. The SMILES string of the molecule is Nc1ccccc1NC(=O)c1ccc(N2CC[C@H](Oc3cccnc3)C2)cc1. The topological polar surface area (TPSA) is 80.5 Å². The minimum absolute atomic E-state index is 0.133.